The van der Waals surface area contributed by atoms with Crippen LogP contribution in [0.5, 0.6) is 0 Å². The molecule has 0 amide bonds. The molecule has 0 bridgehead atoms. The van der Waals surface area contributed by atoms with Crippen molar-refractivity contribution in [1.82, 2.24) is 0 Å². The van der Waals surface area contributed by atoms with Crippen LogP contribution in [0, 0.1) is 0 Å². The molecule has 0 N–H and O–H groups in total. The van der Waals surface area contributed by atoms with Crippen LogP contribution in [-0.2, 0) is 204 Å². The van der Waals surface area contributed by atoms with Gasteiger partial charge in [-0.25, -0.2) is 0 Å². The molecule has 13 heavy (non-hydrogen) atoms. The summed E-state index contributed by atoms with van der Waals surface area (Å²) in [7, 11) is -0.0610. The summed E-state index contributed by atoms with van der Waals surface area (Å²) in [5.41, 5.74) is 0. The van der Waals surface area contributed by atoms with Crippen LogP contribution in [0.25, 0.3) is 0 Å². The van der Waals surface area contributed by atoms with E-state index >= 15 is 0 Å². The van der Waals surface area contributed by atoms with Crippen LogP contribution in [0.1, 0.15) is 0 Å². The third-order valence-electron chi connectivity index (χ3n) is 0.160. The molecule has 0 aliphatic carbocycles. The molecule has 0 atom stereocenters. The van der Waals surface area contributed by atoms with Gasteiger partial charge in [-0.05, 0) is 0 Å². The molecule has 0 unspecified atom stereocenters. The first-order valence-corrected chi connectivity index (χ1v) is 5.85. The predicted molar refractivity (Wildman–Crippen MR) is 31.1 cm³/mol. The van der Waals surface area contributed by atoms with Crippen molar-refractivity contribution in [1.29, 1.82) is 0 Å². The maximum Gasteiger partial charge on any atom is 0.411 e. The molecule has 0 spiro atoms. The van der Waals surface area contributed by atoms with Gasteiger partial charge in [0.2, 0.25) is 0 Å². The molecule has 0 heterocycles. The van der Waals surface area contributed by atoms with Crippen LogP contribution in [0.3, 0.4) is 0 Å². The molecule has 12 radical (unpaired) electrons. The van der Waals surface area contributed by atoms with Gasteiger partial charge < -0.3 is 8.23 Å². The van der Waals surface area contributed by atoms with Crippen molar-refractivity contribution in [3.63, 3.8) is 0 Å². The van der Waals surface area contributed by atoms with Gasteiger partial charge in [0.15, 0.2) is 0 Å². The summed E-state index contributed by atoms with van der Waals surface area (Å²) in [4.78, 5) is 0. The topological polar surface area (TPSA) is 18.5 Å². The summed E-state index contributed by atoms with van der Waals surface area (Å²) in [6.45, 7) is 0. The van der Waals surface area contributed by atoms with Gasteiger partial charge in [0, 0.05) is 196 Å². The molecule has 0 aliphatic rings. The number of halogens is 2. The Morgan fingerprint density at radius 3 is 1.00 bits per heavy atom. The molecule has 0 rings (SSSR count). The average molecular weight is 721 g/mol. The van der Waals surface area contributed by atoms with Crippen molar-refractivity contribution >= 4 is 50.3 Å². The van der Waals surface area contributed by atoms with E-state index < -0.39 is 0 Å². The van der Waals surface area contributed by atoms with Gasteiger partial charge in [0.25, 0.3) is 0 Å². The zero-order valence-corrected chi connectivity index (χ0v) is 28.1. The van der Waals surface area contributed by atoms with E-state index in [9.17, 15) is 0 Å². The van der Waals surface area contributed by atoms with E-state index in [0.29, 0.717) is 0 Å². The van der Waals surface area contributed by atoms with E-state index in [2.05, 4.69) is 8.23 Å². The molecule has 2 nitrogen and oxygen atoms in total. The first-order chi connectivity index (χ1) is 3.41. The molecule has 13 heteroatoms. The molecular formula is Cl2O2Si3Y6. The van der Waals surface area contributed by atoms with Gasteiger partial charge in [-0.1, -0.05) is 0 Å². The van der Waals surface area contributed by atoms with Crippen molar-refractivity contribution < 1.29 is 204 Å². The second-order valence-electron chi connectivity index (χ2n) is 0.442. The van der Waals surface area contributed by atoms with Crippen molar-refractivity contribution in [3.05, 3.63) is 0 Å². The first-order valence-electron chi connectivity index (χ1n) is 1.19. The first kappa shape index (κ1) is 42.8. The number of hydrogen-bond acceptors (Lipinski definition) is 2. The fraction of sp³-hybridized carbons (Fsp3) is 0. The monoisotopic (exact) mass is 719 g/mol. The summed E-state index contributed by atoms with van der Waals surface area (Å²) < 4.78 is 9.19. The van der Waals surface area contributed by atoms with Gasteiger partial charge in [0.1, 0.15) is 0 Å². The minimum Gasteiger partial charge on any atom is -0.422 e. The van der Waals surface area contributed by atoms with Crippen molar-refractivity contribution in [3.8, 4) is 0 Å². The van der Waals surface area contributed by atoms with Crippen LogP contribution in [0.4, 0.5) is 0 Å². The van der Waals surface area contributed by atoms with Crippen LogP contribution >= 0.6 is 22.2 Å². The van der Waals surface area contributed by atoms with Crippen LogP contribution < -0.4 is 0 Å². The molecule has 0 saturated carbocycles. The average Bonchev–Trinajstić information content (AvgIpc) is 1.69. The minimum absolute atomic E-state index is 0. The van der Waals surface area contributed by atoms with Crippen LogP contribution in [-0.4, -0.2) is 28.2 Å². The Labute approximate surface area is 247 Å². The number of rotatable bonds is 4. The fourth-order valence-corrected chi connectivity index (χ4v) is 1.41. The quantitative estimate of drug-likeness (QED) is 0.233. The Kier molecular flexibility index (Phi) is 141. The van der Waals surface area contributed by atoms with Gasteiger partial charge in [-0.2, -0.15) is 0 Å². The molecule has 0 aromatic rings. The fourth-order valence-electron chi connectivity index (χ4n) is 0.0523. The Hall–Kier alpha value is 7.77. The zero-order chi connectivity index (χ0) is 5.54. The Balaban J connectivity index is -0.0000000120. The summed E-state index contributed by atoms with van der Waals surface area (Å²) in [6, 6.07) is 0. The van der Waals surface area contributed by atoms with Gasteiger partial charge in [-0.15, -0.1) is 22.2 Å². The molecule has 0 aromatic carbocycles. The summed E-state index contributed by atoms with van der Waals surface area (Å²) in [6.07, 6.45) is 0. The van der Waals surface area contributed by atoms with Crippen molar-refractivity contribution in [2.24, 2.45) is 0 Å². The molecule has 56 valence electrons. The third-order valence-corrected chi connectivity index (χ3v) is 2.83. The molecule has 0 fully saturated rings. The maximum atomic E-state index is 5.13. The van der Waals surface area contributed by atoms with Crippen molar-refractivity contribution in [2.75, 3.05) is 0 Å². The normalized spacial score (nSPS) is 5.08. The minimum atomic E-state index is -0.0270. The largest absolute Gasteiger partial charge is 0.422 e. The van der Waals surface area contributed by atoms with Gasteiger partial charge >= 0.3 is 28.2 Å². The predicted octanol–water partition coefficient (Wildman–Crippen LogP) is 0.0848. The molecular weight excluding hydrogens is 721 g/mol. The van der Waals surface area contributed by atoms with Gasteiger partial charge in [-0.3, -0.25) is 0 Å². The maximum absolute atomic E-state index is 5.13. The zero-order valence-electron chi connectivity index (χ0n) is 6.54. The van der Waals surface area contributed by atoms with Crippen LogP contribution in [0.15, 0.2) is 0 Å². The number of hydrogen-bond donors (Lipinski definition) is 0. The van der Waals surface area contributed by atoms with Gasteiger partial charge in [0.05, 0.1) is 0 Å². The van der Waals surface area contributed by atoms with E-state index in [0.717, 1.165) is 0 Å². The standard InChI is InChI=1S/Cl2O2Si3.6Y/c1-5-3-7-4-6-2;;;;;;. The smallest absolute Gasteiger partial charge is 0.411 e. The molecule has 0 aliphatic heterocycles. The van der Waals surface area contributed by atoms with E-state index in [1.807, 2.05) is 0 Å². The van der Waals surface area contributed by atoms with Crippen molar-refractivity contribution in [2.45, 2.75) is 0 Å². The Morgan fingerprint density at radius 1 is 0.615 bits per heavy atom. The Morgan fingerprint density at radius 2 is 0.846 bits per heavy atom. The summed E-state index contributed by atoms with van der Waals surface area (Å²) in [5.74, 6) is 0. The second kappa shape index (κ2) is 42.7. The SMILES string of the molecule is Cl[Si]O[Si]O[Si]Cl.[Y].[Y].[Y].[Y].[Y].[Y]. The molecule has 0 saturated heterocycles. The third kappa shape index (κ3) is 45.1. The van der Waals surface area contributed by atoms with E-state index in [-0.39, 0.29) is 224 Å². The second-order valence-corrected chi connectivity index (χ2v) is 3.48. The van der Waals surface area contributed by atoms with E-state index in [1.54, 1.807) is 0 Å². The van der Waals surface area contributed by atoms with E-state index in [4.69, 9.17) is 22.2 Å². The van der Waals surface area contributed by atoms with E-state index in [1.165, 1.54) is 0 Å². The summed E-state index contributed by atoms with van der Waals surface area (Å²) in [5, 5.41) is 0. The summed E-state index contributed by atoms with van der Waals surface area (Å²) >= 11 is 10.3. The molecule has 0 aromatic heterocycles. The Bertz CT molecular complexity index is 43.1. The van der Waals surface area contributed by atoms with Crippen LogP contribution in [0.2, 0.25) is 0 Å².